The van der Waals surface area contributed by atoms with Gasteiger partial charge in [0.05, 0.1) is 6.04 Å². The van der Waals surface area contributed by atoms with Gasteiger partial charge in [-0.15, -0.1) is 0 Å². The predicted octanol–water partition coefficient (Wildman–Crippen LogP) is 4.12. The lowest BCUT2D eigenvalue weighted by Crippen LogP contribution is -2.35. The number of nitrogens with zero attached hydrogens (tertiary/aromatic N) is 2. The number of hydrogen-bond acceptors (Lipinski definition) is 3. The van der Waals surface area contributed by atoms with Crippen molar-refractivity contribution in [3.05, 3.63) is 59.9 Å². The Morgan fingerprint density at radius 1 is 1.00 bits per heavy atom. The van der Waals surface area contributed by atoms with Crippen molar-refractivity contribution in [3.8, 4) is 0 Å². The average molecular weight is 378 g/mol. The van der Waals surface area contributed by atoms with Crippen LogP contribution in [0.5, 0.6) is 0 Å². The molecular weight excluding hydrogens is 352 g/mol. The molecule has 1 atom stereocenters. The molecular formula is C22H26N4O2. The minimum atomic E-state index is -0.212. The van der Waals surface area contributed by atoms with E-state index >= 15 is 0 Å². The largest absolute Gasteiger partial charge is 0.335 e. The first-order valence-electron chi connectivity index (χ1n) is 10.1. The van der Waals surface area contributed by atoms with Crippen LogP contribution < -0.4 is 10.6 Å². The van der Waals surface area contributed by atoms with E-state index in [0.29, 0.717) is 17.3 Å². The minimum Gasteiger partial charge on any atom is -0.335 e. The van der Waals surface area contributed by atoms with Gasteiger partial charge in [-0.05, 0) is 61.6 Å². The van der Waals surface area contributed by atoms with Gasteiger partial charge in [0, 0.05) is 36.2 Å². The number of carbonyl (C=O) groups excluding carboxylic acids is 2. The van der Waals surface area contributed by atoms with Gasteiger partial charge in [0.1, 0.15) is 0 Å². The molecule has 1 unspecified atom stereocenters. The summed E-state index contributed by atoms with van der Waals surface area (Å²) in [5.74, 6) is 0.00923. The minimum absolute atomic E-state index is 0.00923. The topological polar surface area (TPSA) is 74.3 Å². The van der Waals surface area contributed by atoms with Crippen LogP contribution in [-0.4, -0.2) is 34.4 Å². The summed E-state index contributed by atoms with van der Waals surface area (Å²) in [6.07, 6.45) is 9.85. The van der Waals surface area contributed by atoms with Gasteiger partial charge in [-0.2, -0.15) is 0 Å². The molecule has 1 aromatic carbocycles. The molecule has 1 saturated carbocycles. The quantitative estimate of drug-likeness (QED) is 0.840. The fraction of sp³-hybridized carbons (Fsp3) is 0.409. The summed E-state index contributed by atoms with van der Waals surface area (Å²) < 4.78 is 0. The number of rotatable bonds is 4. The first-order chi connectivity index (χ1) is 13.7. The van der Waals surface area contributed by atoms with Crippen molar-refractivity contribution in [2.24, 2.45) is 0 Å². The molecule has 4 rings (SSSR count). The standard InChI is InChI=1S/C22H26N4O2/c27-21(17-5-4-6-19(15-17)25-22(28)24-18-8-9-18)26-14-3-1-2-7-20(26)16-10-12-23-13-11-16/h4-6,10-13,15,18,20H,1-3,7-9,14H2,(H2,24,25,28). The molecule has 6 heteroatoms. The summed E-state index contributed by atoms with van der Waals surface area (Å²) in [5.41, 5.74) is 2.37. The van der Waals surface area contributed by atoms with Crippen LogP contribution in [0.15, 0.2) is 48.8 Å². The number of anilines is 1. The highest BCUT2D eigenvalue weighted by Crippen LogP contribution is 2.31. The van der Waals surface area contributed by atoms with Crippen LogP contribution in [0.4, 0.5) is 10.5 Å². The van der Waals surface area contributed by atoms with E-state index in [-0.39, 0.29) is 18.0 Å². The fourth-order valence-electron chi connectivity index (χ4n) is 3.76. The third-order valence-corrected chi connectivity index (χ3v) is 5.38. The van der Waals surface area contributed by atoms with Crippen molar-refractivity contribution < 1.29 is 9.59 Å². The van der Waals surface area contributed by atoms with Crippen LogP contribution in [0.2, 0.25) is 0 Å². The van der Waals surface area contributed by atoms with Crippen molar-refractivity contribution >= 4 is 17.6 Å². The number of hydrogen-bond donors (Lipinski definition) is 2. The third-order valence-electron chi connectivity index (χ3n) is 5.38. The summed E-state index contributed by atoms with van der Waals surface area (Å²) in [7, 11) is 0. The van der Waals surface area contributed by atoms with Crippen LogP contribution in [0.25, 0.3) is 0 Å². The molecule has 2 heterocycles. The zero-order chi connectivity index (χ0) is 19.3. The lowest BCUT2D eigenvalue weighted by Gasteiger charge is -2.30. The number of likely N-dealkylation sites (tertiary alicyclic amines) is 1. The highest BCUT2D eigenvalue weighted by molar-refractivity contribution is 5.97. The normalized spacial score (nSPS) is 19.6. The Hall–Kier alpha value is -2.89. The zero-order valence-electron chi connectivity index (χ0n) is 15.9. The molecule has 28 heavy (non-hydrogen) atoms. The molecule has 2 N–H and O–H groups in total. The lowest BCUT2D eigenvalue weighted by molar-refractivity contribution is 0.0681. The van der Waals surface area contributed by atoms with E-state index in [2.05, 4.69) is 15.6 Å². The molecule has 146 valence electrons. The maximum atomic E-state index is 13.3. The number of nitrogens with one attached hydrogen (secondary N) is 2. The second-order valence-electron chi connectivity index (χ2n) is 7.60. The highest BCUT2D eigenvalue weighted by Gasteiger charge is 2.28. The Morgan fingerprint density at radius 3 is 2.61 bits per heavy atom. The molecule has 1 aromatic heterocycles. The summed E-state index contributed by atoms with van der Waals surface area (Å²) in [6.45, 7) is 0.742. The molecule has 0 spiro atoms. The summed E-state index contributed by atoms with van der Waals surface area (Å²) in [4.78, 5) is 31.4. The molecule has 1 aliphatic heterocycles. The Kier molecular flexibility index (Phi) is 5.55. The molecule has 2 aliphatic rings. The Labute approximate surface area is 165 Å². The second kappa shape index (κ2) is 8.42. The van der Waals surface area contributed by atoms with Crippen molar-refractivity contribution in [2.75, 3.05) is 11.9 Å². The molecule has 2 fully saturated rings. The number of carbonyl (C=O) groups is 2. The van der Waals surface area contributed by atoms with E-state index in [1.165, 1.54) is 0 Å². The molecule has 6 nitrogen and oxygen atoms in total. The van der Waals surface area contributed by atoms with Crippen LogP contribution in [-0.2, 0) is 0 Å². The Morgan fingerprint density at radius 2 is 1.82 bits per heavy atom. The maximum Gasteiger partial charge on any atom is 0.319 e. The van der Waals surface area contributed by atoms with Gasteiger partial charge in [-0.3, -0.25) is 9.78 Å². The molecule has 1 saturated heterocycles. The predicted molar refractivity (Wildman–Crippen MR) is 108 cm³/mol. The number of benzene rings is 1. The van der Waals surface area contributed by atoms with E-state index in [9.17, 15) is 9.59 Å². The fourth-order valence-corrected chi connectivity index (χ4v) is 3.76. The first-order valence-corrected chi connectivity index (χ1v) is 10.1. The lowest BCUT2D eigenvalue weighted by atomic mass is 10.0. The number of pyridine rings is 1. The summed E-state index contributed by atoms with van der Waals surface area (Å²) in [6, 6.07) is 11.4. The Bertz CT molecular complexity index is 835. The van der Waals surface area contributed by atoms with Crippen LogP contribution in [0.3, 0.4) is 0 Å². The van der Waals surface area contributed by atoms with Crippen molar-refractivity contribution in [1.29, 1.82) is 0 Å². The number of amides is 3. The molecule has 2 aromatic rings. The molecule has 0 radical (unpaired) electrons. The number of urea groups is 1. The van der Waals surface area contributed by atoms with Crippen molar-refractivity contribution in [3.63, 3.8) is 0 Å². The van der Waals surface area contributed by atoms with Gasteiger partial charge in [-0.25, -0.2) is 4.79 Å². The van der Waals surface area contributed by atoms with Gasteiger partial charge < -0.3 is 15.5 Å². The van der Waals surface area contributed by atoms with Crippen LogP contribution in [0.1, 0.15) is 60.5 Å². The van der Waals surface area contributed by atoms with Gasteiger partial charge in [0.25, 0.3) is 5.91 Å². The van der Waals surface area contributed by atoms with Crippen molar-refractivity contribution in [1.82, 2.24) is 15.2 Å². The highest BCUT2D eigenvalue weighted by atomic mass is 16.2. The van der Waals surface area contributed by atoms with Crippen LogP contribution >= 0.6 is 0 Å². The molecule has 1 aliphatic carbocycles. The van der Waals surface area contributed by atoms with E-state index in [0.717, 1.165) is 50.6 Å². The Balaban J connectivity index is 1.52. The van der Waals surface area contributed by atoms with Crippen LogP contribution in [0, 0.1) is 0 Å². The molecule has 0 bridgehead atoms. The zero-order valence-corrected chi connectivity index (χ0v) is 15.9. The van der Waals surface area contributed by atoms with Crippen molar-refractivity contribution in [2.45, 2.75) is 50.6 Å². The van der Waals surface area contributed by atoms with Gasteiger partial charge in [0.15, 0.2) is 0 Å². The number of aromatic nitrogens is 1. The third kappa shape index (κ3) is 4.50. The van der Waals surface area contributed by atoms with Gasteiger partial charge in [0.2, 0.25) is 0 Å². The smallest absolute Gasteiger partial charge is 0.319 e. The SMILES string of the molecule is O=C(Nc1cccc(C(=O)N2CCCCCC2c2ccncc2)c1)NC1CC1. The van der Waals surface area contributed by atoms with E-state index in [4.69, 9.17) is 0 Å². The maximum absolute atomic E-state index is 13.3. The van der Waals surface area contributed by atoms with Gasteiger partial charge in [-0.1, -0.05) is 18.9 Å². The summed E-state index contributed by atoms with van der Waals surface area (Å²) >= 11 is 0. The second-order valence-corrected chi connectivity index (χ2v) is 7.60. The summed E-state index contributed by atoms with van der Waals surface area (Å²) in [5, 5.41) is 5.74. The van der Waals surface area contributed by atoms with E-state index < -0.39 is 0 Å². The van der Waals surface area contributed by atoms with E-state index in [1.54, 1.807) is 18.5 Å². The molecule has 3 amide bonds. The monoisotopic (exact) mass is 378 g/mol. The average Bonchev–Trinajstić information content (AvgIpc) is 3.54. The van der Waals surface area contributed by atoms with Gasteiger partial charge >= 0.3 is 6.03 Å². The van der Waals surface area contributed by atoms with E-state index in [1.807, 2.05) is 35.2 Å². The first kappa shape index (κ1) is 18.5.